The SMILES string of the molecule is COc1ccc(-c2cccc(Cc3ccccc3-c3cccc(C(=O)c4ccccc4)c3)c2)c(OC)c1. The second-order valence-electron chi connectivity index (χ2n) is 8.88. The average Bonchev–Trinajstić information content (AvgIpc) is 2.97. The predicted octanol–water partition coefficient (Wildman–Crippen LogP) is 7.86. The van der Waals surface area contributed by atoms with Gasteiger partial charge in [-0.1, -0.05) is 97.1 Å². The number of hydrogen-bond acceptors (Lipinski definition) is 3. The van der Waals surface area contributed by atoms with E-state index in [1.807, 2.05) is 72.8 Å². The van der Waals surface area contributed by atoms with Crippen LogP contribution in [-0.2, 0) is 6.42 Å². The summed E-state index contributed by atoms with van der Waals surface area (Å²) in [6, 6.07) is 40.1. The van der Waals surface area contributed by atoms with Gasteiger partial charge in [0.1, 0.15) is 11.5 Å². The van der Waals surface area contributed by atoms with Gasteiger partial charge in [-0.15, -0.1) is 0 Å². The highest BCUT2D eigenvalue weighted by Crippen LogP contribution is 2.34. The minimum Gasteiger partial charge on any atom is -0.497 e. The van der Waals surface area contributed by atoms with Gasteiger partial charge in [0.25, 0.3) is 0 Å². The van der Waals surface area contributed by atoms with Crippen molar-refractivity contribution >= 4 is 5.78 Å². The number of carbonyl (C=O) groups excluding carboxylic acids is 1. The van der Waals surface area contributed by atoms with Crippen LogP contribution < -0.4 is 9.47 Å². The van der Waals surface area contributed by atoms with E-state index in [9.17, 15) is 4.79 Å². The van der Waals surface area contributed by atoms with E-state index in [0.717, 1.165) is 40.2 Å². The number of carbonyl (C=O) groups is 1. The van der Waals surface area contributed by atoms with E-state index in [1.54, 1.807) is 14.2 Å². The quantitative estimate of drug-likeness (QED) is 0.210. The second-order valence-corrected chi connectivity index (χ2v) is 8.88. The van der Waals surface area contributed by atoms with Crippen molar-refractivity contribution < 1.29 is 14.3 Å². The summed E-state index contributed by atoms with van der Waals surface area (Å²) in [5.74, 6) is 1.57. The first kappa shape index (κ1) is 24.1. The lowest BCUT2D eigenvalue weighted by atomic mass is 9.92. The maximum Gasteiger partial charge on any atom is 0.193 e. The fourth-order valence-corrected chi connectivity index (χ4v) is 4.65. The summed E-state index contributed by atoms with van der Waals surface area (Å²) >= 11 is 0. The average molecular weight is 485 g/mol. The lowest BCUT2D eigenvalue weighted by Crippen LogP contribution is -2.01. The van der Waals surface area contributed by atoms with Crippen LogP contribution in [0.5, 0.6) is 11.5 Å². The molecule has 5 rings (SSSR count). The van der Waals surface area contributed by atoms with Crippen LogP contribution in [-0.4, -0.2) is 20.0 Å². The molecule has 0 aromatic heterocycles. The normalized spacial score (nSPS) is 10.6. The van der Waals surface area contributed by atoms with Gasteiger partial charge in [-0.05, 0) is 52.4 Å². The molecule has 0 radical (unpaired) electrons. The Kier molecular flexibility index (Phi) is 7.14. The number of methoxy groups -OCH3 is 2. The minimum atomic E-state index is 0.0288. The second kappa shape index (κ2) is 11.0. The Morgan fingerprint density at radius 2 is 1.30 bits per heavy atom. The summed E-state index contributed by atoms with van der Waals surface area (Å²) in [4.78, 5) is 13.1. The molecule has 37 heavy (non-hydrogen) atoms. The molecule has 3 heteroatoms. The van der Waals surface area contributed by atoms with Crippen molar-refractivity contribution in [2.75, 3.05) is 14.2 Å². The highest BCUT2D eigenvalue weighted by atomic mass is 16.5. The Morgan fingerprint density at radius 3 is 2.08 bits per heavy atom. The van der Waals surface area contributed by atoms with Gasteiger partial charge in [-0.3, -0.25) is 4.79 Å². The molecule has 0 aliphatic carbocycles. The Balaban J connectivity index is 1.46. The number of hydrogen-bond donors (Lipinski definition) is 0. The minimum absolute atomic E-state index is 0.0288. The van der Waals surface area contributed by atoms with Gasteiger partial charge in [0.05, 0.1) is 14.2 Å². The molecule has 0 amide bonds. The van der Waals surface area contributed by atoms with Gasteiger partial charge in [-0.2, -0.15) is 0 Å². The van der Waals surface area contributed by atoms with Crippen LogP contribution in [0.1, 0.15) is 27.0 Å². The number of rotatable bonds is 8. The molecular weight excluding hydrogens is 456 g/mol. The van der Waals surface area contributed by atoms with Crippen molar-refractivity contribution in [1.29, 1.82) is 0 Å². The molecule has 0 unspecified atom stereocenters. The van der Waals surface area contributed by atoms with Crippen LogP contribution in [0, 0.1) is 0 Å². The Labute approximate surface area is 218 Å². The summed E-state index contributed by atoms with van der Waals surface area (Å²) in [5.41, 5.74) is 8.04. The van der Waals surface area contributed by atoms with Gasteiger partial charge in [0.15, 0.2) is 5.78 Å². The summed E-state index contributed by atoms with van der Waals surface area (Å²) in [6.45, 7) is 0. The van der Waals surface area contributed by atoms with Crippen LogP contribution in [0.2, 0.25) is 0 Å². The molecule has 5 aromatic rings. The van der Waals surface area contributed by atoms with Crippen LogP contribution in [0.4, 0.5) is 0 Å². The molecule has 5 aromatic carbocycles. The molecule has 0 saturated heterocycles. The summed E-state index contributed by atoms with van der Waals surface area (Å²) in [6.07, 6.45) is 0.763. The van der Waals surface area contributed by atoms with Crippen molar-refractivity contribution in [2.45, 2.75) is 6.42 Å². The first-order chi connectivity index (χ1) is 18.2. The largest absolute Gasteiger partial charge is 0.497 e. The van der Waals surface area contributed by atoms with E-state index in [0.29, 0.717) is 11.1 Å². The van der Waals surface area contributed by atoms with E-state index in [1.165, 1.54) is 11.1 Å². The highest BCUT2D eigenvalue weighted by molar-refractivity contribution is 6.09. The zero-order chi connectivity index (χ0) is 25.6. The van der Waals surface area contributed by atoms with Crippen molar-refractivity contribution in [3.05, 3.63) is 144 Å². The van der Waals surface area contributed by atoms with Gasteiger partial charge in [0, 0.05) is 22.8 Å². The Bertz CT molecular complexity index is 1540. The summed E-state index contributed by atoms with van der Waals surface area (Å²) in [5, 5.41) is 0. The molecule has 0 heterocycles. The third-order valence-corrected chi connectivity index (χ3v) is 6.53. The Hall–Kier alpha value is -4.63. The van der Waals surface area contributed by atoms with E-state index in [-0.39, 0.29) is 5.78 Å². The van der Waals surface area contributed by atoms with Gasteiger partial charge in [-0.25, -0.2) is 0 Å². The molecule has 0 spiro atoms. The number of ketones is 1. The lowest BCUT2D eigenvalue weighted by Gasteiger charge is -2.14. The molecule has 3 nitrogen and oxygen atoms in total. The standard InChI is InChI=1S/C34H28O3/c1-36-30-18-19-32(33(23-30)37-2)27-14-8-10-24(21-27)20-26-13-6-7-17-31(26)28-15-9-16-29(22-28)34(35)25-11-4-3-5-12-25/h3-19,21-23H,20H2,1-2H3. The molecule has 0 atom stereocenters. The fraction of sp³-hybridized carbons (Fsp3) is 0.0882. The third kappa shape index (κ3) is 5.31. The maximum atomic E-state index is 13.1. The Morgan fingerprint density at radius 1 is 0.595 bits per heavy atom. The molecule has 0 aliphatic rings. The molecule has 0 fully saturated rings. The first-order valence-electron chi connectivity index (χ1n) is 12.3. The van der Waals surface area contributed by atoms with Crippen molar-refractivity contribution in [3.8, 4) is 33.8 Å². The zero-order valence-corrected chi connectivity index (χ0v) is 21.0. The van der Waals surface area contributed by atoms with Crippen LogP contribution in [0.3, 0.4) is 0 Å². The molecule has 0 saturated carbocycles. The van der Waals surface area contributed by atoms with Crippen molar-refractivity contribution in [2.24, 2.45) is 0 Å². The van der Waals surface area contributed by atoms with Gasteiger partial charge in [0.2, 0.25) is 0 Å². The molecule has 0 aliphatic heterocycles. The van der Waals surface area contributed by atoms with E-state index < -0.39 is 0 Å². The van der Waals surface area contributed by atoms with E-state index in [2.05, 4.69) is 48.5 Å². The van der Waals surface area contributed by atoms with Crippen molar-refractivity contribution in [3.63, 3.8) is 0 Å². The van der Waals surface area contributed by atoms with Gasteiger partial charge < -0.3 is 9.47 Å². The van der Waals surface area contributed by atoms with Crippen molar-refractivity contribution in [1.82, 2.24) is 0 Å². The van der Waals surface area contributed by atoms with Crippen LogP contribution in [0.25, 0.3) is 22.3 Å². The molecular formula is C34H28O3. The van der Waals surface area contributed by atoms with Crippen LogP contribution >= 0.6 is 0 Å². The number of ether oxygens (including phenoxy) is 2. The number of benzene rings is 5. The monoisotopic (exact) mass is 484 g/mol. The maximum absolute atomic E-state index is 13.1. The highest BCUT2D eigenvalue weighted by Gasteiger charge is 2.13. The summed E-state index contributed by atoms with van der Waals surface area (Å²) < 4.78 is 11.0. The fourth-order valence-electron chi connectivity index (χ4n) is 4.65. The molecule has 0 bridgehead atoms. The van der Waals surface area contributed by atoms with E-state index in [4.69, 9.17) is 9.47 Å². The van der Waals surface area contributed by atoms with E-state index >= 15 is 0 Å². The zero-order valence-electron chi connectivity index (χ0n) is 21.0. The molecule has 182 valence electrons. The topological polar surface area (TPSA) is 35.5 Å². The van der Waals surface area contributed by atoms with Crippen LogP contribution in [0.15, 0.2) is 121 Å². The molecule has 0 N–H and O–H groups in total. The predicted molar refractivity (Wildman–Crippen MR) is 150 cm³/mol. The smallest absolute Gasteiger partial charge is 0.193 e. The third-order valence-electron chi connectivity index (χ3n) is 6.53. The first-order valence-corrected chi connectivity index (χ1v) is 12.3. The van der Waals surface area contributed by atoms with Gasteiger partial charge >= 0.3 is 0 Å². The lowest BCUT2D eigenvalue weighted by molar-refractivity contribution is 0.103. The summed E-state index contributed by atoms with van der Waals surface area (Å²) in [7, 11) is 3.33.